The third kappa shape index (κ3) is 2.24. The molecule has 2 heterocycles. The minimum Gasteiger partial charge on any atom is -0.351 e. The predicted octanol–water partition coefficient (Wildman–Crippen LogP) is 0.652. The third-order valence-corrected chi connectivity index (χ3v) is 3.43. The van der Waals surface area contributed by atoms with Crippen LogP contribution >= 0.6 is 0 Å². The summed E-state index contributed by atoms with van der Waals surface area (Å²) in [6.07, 6.45) is -0.148. The molecule has 2 amide bonds. The summed E-state index contributed by atoms with van der Waals surface area (Å²) < 4.78 is 31.9. The van der Waals surface area contributed by atoms with Gasteiger partial charge in [-0.15, -0.1) is 0 Å². The van der Waals surface area contributed by atoms with Crippen LogP contribution in [0, 0.1) is 11.6 Å². The van der Waals surface area contributed by atoms with Crippen LogP contribution < -0.4 is 5.32 Å². The summed E-state index contributed by atoms with van der Waals surface area (Å²) in [6.45, 7) is 0.560. The molecule has 0 aromatic heterocycles. The van der Waals surface area contributed by atoms with Gasteiger partial charge < -0.3 is 15.0 Å². The Morgan fingerprint density at radius 1 is 1.45 bits per heavy atom. The van der Waals surface area contributed by atoms with Gasteiger partial charge in [-0.25, -0.2) is 8.78 Å². The number of β-lactam (4-membered cyclic amide) rings is 1. The highest BCUT2D eigenvalue weighted by molar-refractivity contribution is 5.94. The second-order valence-electron chi connectivity index (χ2n) is 4.80. The normalized spacial score (nSPS) is 24.3. The van der Waals surface area contributed by atoms with Gasteiger partial charge in [0.15, 0.2) is 0 Å². The van der Waals surface area contributed by atoms with E-state index in [1.807, 2.05) is 0 Å². The Kier molecular flexibility index (Phi) is 3.13. The van der Waals surface area contributed by atoms with Crippen molar-refractivity contribution in [2.45, 2.75) is 18.8 Å². The number of amides is 2. The van der Waals surface area contributed by atoms with Crippen molar-refractivity contribution in [3.8, 4) is 0 Å². The zero-order valence-electron chi connectivity index (χ0n) is 10.4. The number of carbonyl (C=O) groups is 2. The van der Waals surface area contributed by atoms with Gasteiger partial charge in [0.25, 0.3) is 5.91 Å². The van der Waals surface area contributed by atoms with Crippen molar-refractivity contribution in [2.75, 3.05) is 13.1 Å². The van der Waals surface area contributed by atoms with E-state index in [0.29, 0.717) is 13.0 Å². The average Bonchev–Trinajstić information content (AvgIpc) is 2.75. The molecule has 2 saturated heterocycles. The number of halogens is 2. The summed E-state index contributed by atoms with van der Waals surface area (Å²) in [5.41, 5.74) is -0.345. The fourth-order valence-electron chi connectivity index (χ4n) is 2.34. The molecule has 0 radical (unpaired) electrons. The van der Waals surface area contributed by atoms with Crippen LogP contribution in [0.15, 0.2) is 18.2 Å². The Morgan fingerprint density at radius 2 is 2.25 bits per heavy atom. The zero-order chi connectivity index (χ0) is 14.3. The van der Waals surface area contributed by atoms with E-state index in [4.69, 9.17) is 4.74 Å². The number of benzene rings is 1. The molecule has 20 heavy (non-hydrogen) atoms. The molecule has 3 rings (SSSR count). The second kappa shape index (κ2) is 4.82. The number of rotatable bonds is 3. The molecule has 106 valence electrons. The number of carbonyl (C=O) groups excluding carboxylic acids is 2. The molecule has 7 heteroatoms. The Labute approximate surface area is 113 Å². The van der Waals surface area contributed by atoms with E-state index in [1.54, 1.807) is 4.90 Å². The molecule has 2 aliphatic heterocycles. The van der Waals surface area contributed by atoms with Crippen LogP contribution in [-0.4, -0.2) is 42.1 Å². The van der Waals surface area contributed by atoms with E-state index in [1.165, 1.54) is 0 Å². The van der Waals surface area contributed by atoms with Gasteiger partial charge in [-0.3, -0.25) is 9.59 Å². The zero-order valence-corrected chi connectivity index (χ0v) is 10.4. The quantitative estimate of drug-likeness (QED) is 0.828. The average molecular weight is 282 g/mol. The van der Waals surface area contributed by atoms with Crippen LogP contribution in [0.5, 0.6) is 0 Å². The second-order valence-corrected chi connectivity index (χ2v) is 4.80. The maximum Gasteiger partial charge on any atom is 0.254 e. The molecule has 1 aromatic carbocycles. The number of nitrogens with one attached hydrogen (secondary N) is 1. The van der Waals surface area contributed by atoms with Crippen LogP contribution in [0.3, 0.4) is 0 Å². The first kappa shape index (κ1) is 13.0. The summed E-state index contributed by atoms with van der Waals surface area (Å²) in [4.78, 5) is 24.5. The van der Waals surface area contributed by atoms with Gasteiger partial charge in [-0.05, 0) is 18.2 Å². The van der Waals surface area contributed by atoms with Gasteiger partial charge >= 0.3 is 0 Å². The summed E-state index contributed by atoms with van der Waals surface area (Å²) in [7, 11) is 0. The van der Waals surface area contributed by atoms with Crippen LogP contribution in [0.25, 0.3) is 0 Å². The molecule has 1 aromatic rings. The molecule has 2 atom stereocenters. The first-order chi connectivity index (χ1) is 9.54. The van der Waals surface area contributed by atoms with Crippen LogP contribution in [-0.2, 0) is 9.53 Å². The van der Waals surface area contributed by atoms with E-state index >= 15 is 0 Å². The fraction of sp³-hybridized carbons (Fsp3) is 0.385. The van der Waals surface area contributed by atoms with Gasteiger partial charge in [-0.2, -0.15) is 0 Å². The van der Waals surface area contributed by atoms with Crippen molar-refractivity contribution >= 4 is 11.8 Å². The largest absolute Gasteiger partial charge is 0.351 e. The molecule has 0 bridgehead atoms. The Balaban J connectivity index is 1.57. The number of ether oxygens (including phenoxy) is 1. The molecule has 1 N–H and O–H groups in total. The van der Waals surface area contributed by atoms with Gasteiger partial charge in [0.1, 0.15) is 17.9 Å². The molecule has 2 aliphatic rings. The molecule has 0 spiro atoms. The highest BCUT2D eigenvalue weighted by Gasteiger charge is 2.45. The fourth-order valence-corrected chi connectivity index (χ4v) is 2.34. The van der Waals surface area contributed by atoms with Gasteiger partial charge in [-0.1, -0.05) is 0 Å². The molecule has 2 fully saturated rings. The van der Waals surface area contributed by atoms with E-state index < -0.39 is 17.5 Å². The minimum atomic E-state index is -0.782. The van der Waals surface area contributed by atoms with Crippen molar-refractivity contribution in [3.05, 3.63) is 35.4 Å². The summed E-state index contributed by atoms with van der Waals surface area (Å²) in [5.74, 6) is -2.13. The summed E-state index contributed by atoms with van der Waals surface area (Å²) in [5, 5.41) is 2.48. The van der Waals surface area contributed by atoms with Crippen LogP contribution in [0.2, 0.25) is 0 Å². The van der Waals surface area contributed by atoms with Crippen molar-refractivity contribution in [1.82, 2.24) is 10.2 Å². The number of hydrogen-bond acceptors (Lipinski definition) is 3. The topological polar surface area (TPSA) is 58.6 Å². The lowest BCUT2D eigenvalue weighted by Crippen LogP contribution is -2.48. The molecular weight excluding hydrogens is 270 g/mol. The molecule has 2 unspecified atom stereocenters. The van der Waals surface area contributed by atoms with Crippen molar-refractivity contribution in [2.24, 2.45) is 0 Å². The molecule has 0 saturated carbocycles. The van der Waals surface area contributed by atoms with E-state index in [2.05, 4.69) is 5.32 Å². The van der Waals surface area contributed by atoms with Crippen molar-refractivity contribution in [3.63, 3.8) is 0 Å². The highest BCUT2D eigenvalue weighted by Crippen LogP contribution is 2.28. The van der Waals surface area contributed by atoms with Gasteiger partial charge in [0, 0.05) is 6.54 Å². The number of hydrogen-bond donors (Lipinski definition) is 1. The predicted molar refractivity (Wildman–Crippen MR) is 63.7 cm³/mol. The number of nitrogens with zero attached hydrogens (tertiary/aromatic N) is 1. The maximum absolute atomic E-state index is 13.4. The lowest BCUT2D eigenvalue weighted by atomic mass is 10.2. The van der Waals surface area contributed by atoms with E-state index in [-0.39, 0.29) is 30.3 Å². The summed E-state index contributed by atoms with van der Waals surface area (Å²) in [6, 6.07) is 2.70. The van der Waals surface area contributed by atoms with Crippen LogP contribution in [0.1, 0.15) is 16.8 Å². The lowest BCUT2D eigenvalue weighted by molar-refractivity contribution is -0.156. The van der Waals surface area contributed by atoms with E-state index in [0.717, 1.165) is 18.2 Å². The Morgan fingerprint density at radius 3 is 2.95 bits per heavy atom. The molecular formula is C13H12F2N2O3. The van der Waals surface area contributed by atoms with Gasteiger partial charge in [0.05, 0.1) is 24.6 Å². The van der Waals surface area contributed by atoms with Crippen LogP contribution in [0.4, 0.5) is 8.78 Å². The van der Waals surface area contributed by atoms with Gasteiger partial charge in [0.2, 0.25) is 5.91 Å². The van der Waals surface area contributed by atoms with E-state index in [9.17, 15) is 18.4 Å². The minimum absolute atomic E-state index is 0.0278. The smallest absolute Gasteiger partial charge is 0.254 e. The highest BCUT2D eigenvalue weighted by atomic mass is 19.1. The SMILES string of the molecule is O=C(NCC1CN2C(=O)CC2O1)c1cc(F)ccc1F. The monoisotopic (exact) mass is 282 g/mol. The Bertz CT molecular complexity index is 579. The standard InChI is InChI=1S/C13H12F2N2O3/c14-7-1-2-10(15)9(3-7)13(19)16-5-8-6-17-11(18)4-12(17)20-8/h1-3,8,12H,4-6H2,(H,16,19). The molecule has 0 aliphatic carbocycles. The van der Waals surface area contributed by atoms with Crippen molar-refractivity contribution < 1.29 is 23.1 Å². The lowest BCUT2D eigenvalue weighted by Gasteiger charge is -2.31. The van der Waals surface area contributed by atoms with Crippen molar-refractivity contribution in [1.29, 1.82) is 0 Å². The molecule has 5 nitrogen and oxygen atoms in total. The first-order valence-corrected chi connectivity index (χ1v) is 6.23. The number of fused-ring (bicyclic) bond motifs is 1. The Hall–Kier alpha value is -2.02. The third-order valence-electron chi connectivity index (χ3n) is 3.43. The summed E-state index contributed by atoms with van der Waals surface area (Å²) >= 11 is 0. The maximum atomic E-state index is 13.4. The first-order valence-electron chi connectivity index (χ1n) is 6.23.